The van der Waals surface area contributed by atoms with Crippen molar-refractivity contribution in [3.05, 3.63) is 11.9 Å². The van der Waals surface area contributed by atoms with Crippen LogP contribution in [-0.2, 0) is 4.79 Å². The summed E-state index contributed by atoms with van der Waals surface area (Å²) >= 11 is 0. The van der Waals surface area contributed by atoms with Crippen molar-refractivity contribution >= 4 is 17.5 Å². The molecule has 16 heavy (non-hydrogen) atoms. The number of nitrogen functional groups attached to an aromatic ring is 1. The first-order valence-electron chi connectivity index (χ1n) is 5.16. The second-order valence-electron chi connectivity index (χ2n) is 3.94. The van der Waals surface area contributed by atoms with Crippen molar-refractivity contribution in [2.45, 2.75) is 6.92 Å². The van der Waals surface area contributed by atoms with Crippen LogP contribution in [0.1, 0.15) is 5.82 Å². The summed E-state index contributed by atoms with van der Waals surface area (Å²) in [6, 6.07) is 1.70. The Kier molecular flexibility index (Phi) is 2.64. The molecule has 6 heteroatoms. The van der Waals surface area contributed by atoms with Crippen LogP contribution in [0.4, 0.5) is 11.6 Å². The van der Waals surface area contributed by atoms with Crippen molar-refractivity contribution in [1.29, 1.82) is 0 Å². The van der Waals surface area contributed by atoms with Gasteiger partial charge in [0, 0.05) is 26.2 Å². The van der Waals surface area contributed by atoms with Gasteiger partial charge in [-0.25, -0.2) is 9.97 Å². The minimum absolute atomic E-state index is 0.0982. The van der Waals surface area contributed by atoms with E-state index >= 15 is 0 Å². The zero-order valence-electron chi connectivity index (χ0n) is 9.47. The summed E-state index contributed by atoms with van der Waals surface area (Å²) in [5.74, 6) is 1.89. The maximum absolute atomic E-state index is 11.6. The average Bonchev–Trinajstić information content (AvgIpc) is 2.20. The molecule has 0 saturated carbocycles. The molecule has 1 amide bonds. The monoisotopic (exact) mass is 221 g/mol. The molecule has 86 valence electrons. The molecule has 2 N–H and O–H groups in total. The maximum Gasteiger partial charge on any atom is 0.241 e. The van der Waals surface area contributed by atoms with E-state index in [1.165, 1.54) is 0 Å². The van der Waals surface area contributed by atoms with Crippen molar-refractivity contribution in [3.63, 3.8) is 0 Å². The second-order valence-corrected chi connectivity index (χ2v) is 3.94. The highest BCUT2D eigenvalue weighted by Gasteiger charge is 2.22. The molecule has 1 aromatic rings. The minimum Gasteiger partial charge on any atom is -0.384 e. The van der Waals surface area contributed by atoms with Gasteiger partial charge in [0.1, 0.15) is 17.5 Å². The van der Waals surface area contributed by atoms with E-state index in [4.69, 9.17) is 5.73 Å². The first kappa shape index (κ1) is 10.7. The predicted octanol–water partition coefficient (Wildman–Crippen LogP) is -0.354. The van der Waals surface area contributed by atoms with E-state index in [0.29, 0.717) is 24.7 Å². The average molecular weight is 221 g/mol. The van der Waals surface area contributed by atoms with Crippen molar-refractivity contribution < 1.29 is 4.79 Å². The van der Waals surface area contributed by atoms with Crippen LogP contribution >= 0.6 is 0 Å². The fourth-order valence-corrected chi connectivity index (χ4v) is 1.69. The van der Waals surface area contributed by atoms with E-state index in [1.807, 2.05) is 4.90 Å². The van der Waals surface area contributed by atoms with Gasteiger partial charge in [-0.15, -0.1) is 0 Å². The van der Waals surface area contributed by atoms with Crippen molar-refractivity contribution in [2.24, 2.45) is 0 Å². The third-order valence-corrected chi connectivity index (χ3v) is 2.63. The zero-order chi connectivity index (χ0) is 11.7. The maximum atomic E-state index is 11.6. The number of carbonyl (C=O) groups excluding carboxylic acids is 1. The Bertz CT molecular complexity index is 399. The molecular formula is C10H15N5O. The molecule has 0 unspecified atom stereocenters. The number of hydrogen-bond donors (Lipinski definition) is 1. The van der Waals surface area contributed by atoms with E-state index in [9.17, 15) is 4.79 Å². The highest BCUT2D eigenvalue weighted by molar-refractivity contribution is 5.82. The summed E-state index contributed by atoms with van der Waals surface area (Å²) < 4.78 is 0. The molecule has 1 fully saturated rings. The van der Waals surface area contributed by atoms with Crippen molar-refractivity contribution in [3.8, 4) is 0 Å². The first-order valence-corrected chi connectivity index (χ1v) is 5.16. The molecule has 1 aliphatic heterocycles. The summed E-state index contributed by atoms with van der Waals surface area (Å²) in [5.41, 5.74) is 5.65. The number of likely N-dealkylation sites (N-methyl/N-ethyl adjacent to an activating group) is 1. The molecule has 0 aliphatic carbocycles. The number of nitrogens with zero attached hydrogens (tertiary/aromatic N) is 4. The Morgan fingerprint density at radius 3 is 2.75 bits per heavy atom. The predicted molar refractivity (Wildman–Crippen MR) is 61.0 cm³/mol. The van der Waals surface area contributed by atoms with E-state index in [1.54, 1.807) is 24.9 Å². The van der Waals surface area contributed by atoms with E-state index in [-0.39, 0.29) is 5.91 Å². The molecule has 1 aliphatic rings. The Morgan fingerprint density at radius 2 is 2.12 bits per heavy atom. The largest absolute Gasteiger partial charge is 0.384 e. The van der Waals surface area contributed by atoms with Gasteiger partial charge in [-0.2, -0.15) is 0 Å². The SMILES string of the molecule is Cc1nc(N)cc(N2CCN(C)C(=O)C2)n1. The minimum atomic E-state index is 0.0982. The van der Waals surface area contributed by atoms with Gasteiger partial charge in [-0.1, -0.05) is 0 Å². The first-order chi connectivity index (χ1) is 7.56. The number of amides is 1. The van der Waals surface area contributed by atoms with E-state index < -0.39 is 0 Å². The summed E-state index contributed by atoms with van der Waals surface area (Å²) in [6.07, 6.45) is 0. The molecule has 2 heterocycles. The van der Waals surface area contributed by atoms with Gasteiger partial charge < -0.3 is 15.5 Å². The normalized spacial score (nSPS) is 16.8. The molecule has 0 radical (unpaired) electrons. The highest BCUT2D eigenvalue weighted by atomic mass is 16.2. The van der Waals surface area contributed by atoms with Gasteiger partial charge in [0.2, 0.25) is 5.91 Å². The molecule has 0 aromatic carbocycles. The van der Waals surface area contributed by atoms with Gasteiger partial charge >= 0.3 is 0 Å². The summed E-state index contributed by atoms with van der Waals surface area (Å²) in [5, 5.41) is 0. The zero-order valence-corrected chi connectivity index (χ0v) is 9.47. The van der Waals surface area contributed by atoms with Gasteiger partial charge in [0.05, 0.1) is 6.54 Å². The fourth-order valence-electron chi connectivity index (χ4n) is 1.69. The van der Waals surface area contributed by atoms with Gasteiger partial charge in [-0.3, -0.25) is 4.79 Å². The van der Waals surface area contributed by atoms with Crippen LogP contribution in [0, 0.1) is 6.92 Å². The third-order valence-electron chi connectivity index (χ3n) is 2.63. The van der Waals surface area contributed by atoms with Crippen LogP contribution in [0.25, 0.3) is 0 Å². The molecule has 0 atom stereocenters. The molecule has 0 bridgehead atoms. The molecule has 1 saturated heterocycles. The number of hydrogen-bond acceptors (Lipinski definition) is 5. The Morgan fingerprint density at radius 1 is 1.38 bits per heavy atom. The number of rotatable bonds is 1. The van der Waals surface area contributed by atoms with Crippen LogP contribution in [0.3, 0.4) is 0 Å². The van der Waals surface area contributed by atoms with E-state index in [0.717, 1.165) is 12.4 Å². The second kappa shape index (κ2) is 3.96. The lowest BCUT2D eigenvalue weighted by molar-refractivity contribution is -0.129. The summed E-state index contributed by atoms with van der Waals surface area (Å²) in [6.45, 7) is 3.63. The standard InChI is InChI=1S/C10H15N5O/c1-7-12-8(11)5-9(13-7)15-4-3-14(2)10(16)6-15/h5H,3-4,6H2,1-2H3,(H2,11,12,13). The Hall–Kier alpha value is -1.85. The van der Waals surface area contributed by atoms with Crippen LogP contribution in [0.5, 0.6) is 0 Å². The fraction of sp³-hybridized carbons (Fsp3) is 0.500. The lowest BCUT2D eigenvalue weighted by Gasteiger charge is -2.32. The molecule has 6 nitrogen and oxygen atoms in total. The Labute approximate surface area is 94.1 Å². The van der Waals surface area contributed by atoms with Crippen molar-refractivity contribution in [1.82, 2.24) is 14.9 Å². The molecule has 0 spiro atoms. The Balaban J connectivity index is 2.21. The third kappa shape index (κ3) is 2.05. The molecule has 1 aromatic heterocycles. The smallest absolute Gasteiger partial charge is 0.241 e. The van der Waals surface area contributed by atoms with Gasteiger partial charge in [0.15, 0.2) is 0 Å². The number of carbonyl (C=O) groups is 1. The summed E-state index contributed by atoms with van der Waals surface area (Å²) in [4.78, 5) is 23.5. The van der Waals surface area contributed by atoms with Crippen LogP contribution in [0.15, 0.2) is 6.07 Å². The van der Waals surface area contributed by atoms with Crippen LogP contribution in [-0.4, -0.2) is 47.5 Å². The lowest BCUT2D eigenvalue weighted by atomic mass is 10.3. The number of nitrogens with two attached hydrogens (primary N) is 1. The number of aryl methyl sites for hydroxylation is 1. The topological polar surface area (TPSA) is 75.3 Å². The van der Waals surface area contributed by atoms with Crippen molar-refractivity contribution in [2.75, 3.05) is 37.3 Å². The summed E-state index contributed by atoms with van der Waals surface area (Å²) in [7, 11) is 1.80. The van der Waals surface area contributed by atoms with Crippen LogP contribution in [0.2, 0.25) is 0 Å². The van der Waals surface area contributed by atoms with Crippen LogP contribution < -0.4 is 10.6 Å². The lowest BCUT2D eigenvalue weighted by Crippen LogP contribution is -2.48. The highest BCUT2D eigenvalue weighted by Crippen LogP contribution is 2.15. The van der Waals surface area contributed by atoms with Gasteiger partial charge in [-0.05, 0) is 6.92 Å². The van der Waals surface area contributed by atoms with E-state index in [2.05, 4.69) is 9.97 Å². The molecule has 2 rings (SSSR count). The molecular weight excluding hydrogens is 206 g/mol. The van der Waals surface area contributed by atoms with Gasteiger partial charge in [0.25, 0.3) is 0 Å². The quantitative estimate of drug-likeness (QED) is 0.701. The number of piperazine rings is 1. The number of anilines is 2. The number of aromatic nitrogens is 2.